The van der Waals surface area contributed by atoms with Crippen molar-refractivity contribution in [3.63, 3.8) is 0 Å². The van der Waals surface area contributed by atoms with Crippen LogP contribution in [-0.2, 0) is 6.54 Å². The maximum Gasteiger partial charge on any atom is 0.0238 e. The molecule has 0 aliphatic heterocycles. The summed E-state index contributed by atoms with van der Waals surface area (Å²) in [7, 11) is 0. The fourth-order valence-electron chi connectivity index (χ4n) is 1.99. The molecule has 0 atom stereocenters. The number of rotatable bonds is 6. The molecule has 1 aromatic rings. The van der Waals surface area contributed by atoms with E-state index in [-0.39, 0.29) is 0 Å². The van der Waals surface area contributed by atoms with Gasteiger partial charge in [-0.3, -0.25) is 4.90 Å². The van der Waals surface area contributed by atoms with Crippen molar-refractivity contribution in [3.8, 4) is 0 Å². The standard InChI is InChI=1S/C14H24N2/c1-4-16(10-6-9-15)11-14-12(2)7-5-8-13(14)3/h5,7-8H,4,6,9-11,15H2,1-3H3. The molecular weight excluding hydrogens is 196 g/mol. The second kappa shape index (κ2) is 6.66. The van der Waals surface area contributed by atoms with E-state index in [1.54, 1.807) is 0 Å². The summed E-state index contributed by atoms with van der Waals surface area (Å²) in [5, 5.41) is 0. The molecule has 16 heavy (non-hydrogen) atoms. The average molecular weight is 220 g/mol. The van der Waals surface area contributed by atoms with E-state index in [1.807, 2.05) is 0 Å². The van der Waals surface area contributed by atoms with Crippen LogP contribution in [0, 0.1) is 13.8 Å². The highest BCUT2D eigenvalue weighted by atomic mass is 15.1. The van der Waals surface area contributed by atoms with Crippen molar-refractivity contribution in [3.05, 3.63) is 34.9 Å². The highest BCUT2D eigenvalue weighted by molar-refractivity contribution is 5.33. The first-order chi connectivity index (χ1) is 7.69. The molecule has 0 saturated heterocycles. The quantitative estimate of drug-likeness (QED) is 0.798. The predicted octanol–water partition coefficient (Wildman–Crippen LogP) is 2.47. The Kier molecular flexibility index (Phi) is 5.50. The lowest BCUT2D eigenvalue weighted by molar-refractivity contribution is 0.277. The summed E-state index contributed by atoms with van der Waals surface area (Å²) < 4.78 is 0. The number of nitrogens with two attached hydrogens (primary N) is 1. The van der Waals surface area contributed by atoms with Gasteiger partial charge in [-0.2, -0.15) is 0 Å². The minimum Gasteiger partial charge on any atom is -0.330 e. The summed E-state index contributed by atoms with van der Waals surface area (Å²) in [6.45, 7) is 10.6. The molecule has 2 N–H and O–H groups in total. The van der Waals surface area contributed by atoms with E-state index in [0.717, 1.165) is 32.6 Å². The zero-order valence-corrected chi connectivity index (χ0v) is 10.8. The average Bonchev–Trinajstić information content (AvgIpc) is 2.28. The smallest absolute Gasteiger partial charge is 0.0238 e. The monoisotopic (exact) mass is 220 g/mol. The van der Waals surface area contributed by atoms with Crippen LogP contribution in [0.15, 0.2) is 18.2 Å². The van der Waals surface area contributed by atoms with E-state index in [2.05, 4.69) is 43.9 Å². The van der Waals surface area contributed by atoms with Crippen LogP contribution in [0.25, 0.3) is 0 Å². The van der Waals surface area contributed by atoms with Gasteiger partial charge < -0.3 is 5.73 Å². The topological polar surface area (TPSA) is 29.3 Å². The van der Waals surface area contributed by atoms with Crippen molar-refractivity contribution in [1.82, 2.24) is 4.90 Å². The molecule has 0 aliphatic rings. The molecule has 0 amide bonds. The fraction of sp³-hybridized carbons (Fsp3) is 0.571. The highest BCUT2D eigenvalue weighted by Gasteiger charge is 2.07. The SMILES string of the molecule is CCN(CCCN)Cc1c(C)cccc1C. The summed E-state index contributed by atoms with van der Waals surface area (Å²) in [5.74, 6) is 0. The van der Waals surface area contributed by atoms with Crippen LogP contribution in [-0.4, -0.2) is 24.5 Å². The molecule has 1 rings (SSSR count). The van der Waals surface area contributed by atoms with Crippen LogP contribution >= 0.6 is 0 Å². The summed E-state index contributed by atoms with van der Waals surface area (Å²) in [4.78, 5) is 2.46. The molecule has 0 aliphatic carbocycles. The number of benzene rings is 1. The molecule has 2 heteroatoms. The predicted molar refractivity (Wildman–Crippen MR) is 70.5 cm³/mol. The maximum absolute atomic E-state index is 5.56. The molecule has 0 aromatic heterocycles. The van der Waals surface area contributed by atoms with Crippen molar-refractivity contribution in [2.24, 2.45) is 5.73 Å². The van der Waals surface area contributed by atoms with Crippen molar-refractivity contribution in [2.75, 3.05) is 19.6 Å². The molecule has 0 spiro atoms. The summed E-state index contributed by atoms with van der Waals surface area (Å²) in [5.41, 5.74) is 9.82. The first kappa shape index (κ1) is 13.2. The summed E-state index contributed by atoms with van der Waals surface area (Å²) >= 11 is 0. The molecule has 0 heterocycles. The second-order valence-corrected chi connectivity index (χ2v) is 4.38. The highest BCUT2D eigenvalue weighted by Crippen LogP contribution is 2.15. The van der Waals surface area contributed by atoms with Gasteiger partial charge in [0, 0.05) is 6.54 Å². The second-order valence-electron chi connectivity index (χ2n) is 4.38. The van der Waals surface area contributed by atoms with Crippen LogP contribution in [0.3, 0.4) is 0 Å². The van der Waals surface area contributed by atoms with E-state index in [4.69, 9.17) is 5.73 Å². The first-order valence-corrected chi connectivity index (χ1v) is 6.16. The lowest BCUT2D eigenvalue weighted by atomic mass is 10.0. The van der Waals surface area contributed by atoms with E-state index in [0.29, 0.717) is 0 Å². The minimum absolute atomic E-state index is 0.781. The van der Waals surface area contributed by atoms with Gasteiger partial charge in [-0.05, 0) is 56.6 Å². The summed E-state index contributed by atoms with van der Waals surface area (Å²) in [6.07, 6.45) is 1.08. The van der Waals surface area contributed by atoms with Crippen molar-refractivity contribution < 1.29 is 0 Å². The van der Waals surface area contributed by atoms with Crippen molar-refractivity contribution in [2.45, 2.75) is 33.7 Å². The zero-order valence-electron chi connectivity index (χ0n) is 10.8. The molecule has 90 valence electrons. The molecule has 0 unspecified atom stereocenters. The van der Waals surface area contributed by atoms with Gasteiger partial charge in [0.15, 0.2) is 0 Å². The van der Waals surface area contributed by atoms with Crippen LogP contribution in [0.4, 0.5) is 0 Å². The largest absolute Gasteiger partial charge is 0.330 e. The Morgan fingerprint density at radius 3 is 2.31 bits per heavy atom. The molecule has 0 saturated carbocycles. The van der Waals surface area contributed by atoms with E-state index in [1.165, 1.54) is 16.7 Å². The van der Waals surface area contributed by atoms with Crippen molar-refractivity contribution >= 4 is 0 Å². The van der Waals surface area contributed by atoms with E-state index < -0.39 is 0 Å². The minimum atomic E-state index is 0.781. The molecule has 1 aromatic carbocycles. The Hall–Kier alpha value is -0.860. The maximum atomic E-state index is 5.56. The summed E-state index contributed by atoms with van der Waals surface area (Å²) in [6, 6.07) is 6.52. The molecule has 2 nitrogen and oxygen atoms in total. The number of aryl methyl sites for hydroxylation is 2. The molecule has 0 bridgehead atoms. The van der Waals surface area contributed by atoms with Crippen LogP contribution in [0.5, 0.6) is 0 Å². The third-order valence-corrected chi connectivity index (χ3v) is 3.15. The third kappa shape index (κ3) is 3.62. The van der Waals surface area contributed by atoms with E-state index in [9.17, 15) is 0 Å². The Morgan fingerprint density at radius 2 is 1.81 bits per heavy atom. The molecular formula is C14H24N2. The Bertz CT molecular complexity index is 300. The van der Waals surface area contributed by atoms with Crippen LogP contribution in [0.1, 0.15) is 30.0 Å². The lowest BCUT2D eigenvalue weighted by Gasteiger charge is -2.22. The fourth-order valence-corrected chi connectivity index (χ4v) is 1.99. The Balaban J connectivity index is 2.69. The Labute approximate surface area is 99.5 Å². The normalized spacial score (nSPS) is 11.1. The third-order valence-electron chi connectivity index (χ3n) is 3.15. The lowest BCUT2D eigenvalue weighted by Crippen LogP contribution is -2.26. The van der Waals surface area contributed by atoms with Gasteiger partial charge in [0.05, 0.1) is 0 Å². The van der Waals surface area contributed by atoms with Gasteiger partial charge in [-0.15, -0.1) is 0 Å². The first-order valence-electron chi connectivity index (χ1n) is 6.16. The number of hydrogen-bond donors (Lipinski definition) is 1. The van der Waals surface area contributed by atoms with Gasteiger partial charge in [-0.1, -0.05) is 25.1 Å². The number of nitrogens with zero attached hydrogens (tertiary/aromatic N) is 1. The van der Waals surface area contributed by atoms with Crippen LogP contribution in [0.2, 0.25) is 0 Å². The van der Waals surface area contributed by atoms with Crippen LogP contribution < -0.4 is 5.73 Å². The van der Waals surface area contributed by atoms with Gasteiger partial charge in [-0.25, -0.2) is 0 Å². The Morgan fingerprint density at radius 1 is 1.19 bits per heavy atom. The number of hydrogen-bond acceptors (Lipinski definition) is 2. The van der Waals surface area contributed by atoms with Gasteiger partial charge in [0.1, 0.15) is 0 Å². The van der Waals surface area contributed by atoms with E-state index >= 15 is 0 Å². The van der Waals surface area contributed by atoms with Gasteiger partial charge in [0.2, 0.25) is 0 Å². The van der Waals surface area contributed by atoms with Crippen molar-refractivity contribution in [1.29, 1.82) is 0 Å². The molecule has 0 radical (unpaired) electrons. The van der Waals surface area contributed by atoms with Gasteiger partial charge in [0.25, 0.3) is 0 Å². The zero-order chi connectivity index (χ0) is 12.0. The molecule has 0 fully saturated rings. The van der Waals surface area contributed by atoms with Gasteiger partial charge >= 0.3 is 0 Å².